The third-order valence-electron chi connectivity index (χ3n) is 4.20. The van der Waals surface area contributed by atoms with Crippen LogP contribution < -0.4 is 14.9 Å². The number of hydrogen-bond donors (Lipinski definition) is 2. The molecule has 0 saturated heterocycles. The fourth-order valence-corrected chi connectivity index (χ4v) is 4.93. The number of hydrogen-bond acceptors (Lipinski definition) is 5. The van der Waals surface area contributed by atoms with Crippen LogP contribution in [0.1, 0.15) is 21.5 Å². The molecule has 0 aliphatic rings. The maximum absolute atomic E-state index is 11.9. The van der Waals surface area contributed by atoms with Crippen LogP contribution in [0.25, 0.3) is 0 Å². The quantitative estimate of drug-likeness (QED) is 0.179. The van der Waals surface area contributed by atoms with E-state index in [1.807, 2.05) is 12.1 Å². The predicted octanol–water partition coefficient (Wildman–Crippen LogP) is 5.36. The zero-order valence-corrected chi connectivity index (χ0v) is 22.0. The maximum Gasteiger partial charge on any atom is 0.335 e. The smallest absolute Gasteiger partial charge is 0.335 e. The van der Waals surface area contributed by atoms with Crippen molar-refractivity contribution in [2.75, 3.05) is 6.61 Å². The molecule has 0 heterocycles. The monoisotopic (exact) mass is 690 g/mol. The van der Waals surface area contributed by atoms with Gasteiger partial charge in [0.25, 0.3) is 5.91 Å². The minimum Gasteiger partial charge on any atom is -0.487 e. The Morgan fingerprint density at radius 1 is 1.03 bits per heavy atom. The summed E-state index contributed by atoms with van der Waals surface area (Å²) in [5.41, 5.74) is 4.30. The van der Waals surface area contributed by atoms with Gasteiger partial charge in [-0.3, -0.25) is 4.79 Å². The molecule has 0 unspecified atom stereocenters. The van der Waals surface area contributed by atoms with E-state index < -0.39 is 11.9 Å². The van der Waals surface area contributed by atoms with Crippen LogP contribution in [0.15, 0.2) is 65.8 Å². The van der Waals surface area contributed by atoms with Crippen molar-refractivity contribution in [2.24, 2.45) is 5.10 Å². The average Bonchev–Trinajstić information content (AvgIpc) is 2.78. The van der Waals surface area contributed by atoms with Crippen molar-refractivity contribution in [1.29, 1.82) is 0 Å². The Kier molecular flexibility index (Phi) is 9.32. The van der Waals surface area contributed by atoms with Crippen LogP contribution in [0.3, 0.4) is 0 Å². The zero-order valence-electron chi connectivity index (χ0n) is 16.9. The molecule has 33 heavy (non-hydrogen) atoms. The second kappa shape index (κ2) is 12.2. The minimum atomic E-state index is -0.965. The molecule has 10 heteroatoms. The number of hydrazone groups is 1. The summed E-state index contributed by atoms with van der Waals surface area (Å²) >= 11 is 10.3. The van der Waals surface area contributed by atoms with Gasteiger partial charge in [0.05, 0.1) is 23.9 Å². The summed E-state index contributed by atoms with van der Waals surface area (Å²) in [7, 11) is 0. The number of amides is 1. The summed E-state index contributed by atoms with van der Waals surface area (Å²) < 4.78 is 13.0. The van der Waals surface area contributed by atoms with E-state index in [0.29, 0.717) is 23.1 Å². The lowest BCUT2D eigenvalue weighted by Gasteiger charge is -2.11. The minimum absolute atomic E-state index is 0.212. The normalized spacial score (nSPS) is 10.8. The van der Waals surface area contributed by atoms with Crippen LogP contribution >= 0.6 is 56.8 Å². The topological polar surface area (TPSA) is 97.2 Å². The van der Waals surface area contributed by atoms with Gasteiger partial charge in [-0.15, -0.1) is 0 Å². The molecule has 0 saturated carbocycles. The van der Waals surface area contributed by atoms with Gasteiger partial charge < -0.3 is 14.6 Å². The number of rotatable bonds is 9. The predicted molar refractivity (Wildman–Crippen MR) is 142 cm³/mol. The SMILES string of the molecule is O=C(COc1ccccc1Cl)N/N=C/c1cc(I)c(OCc2ccc(C(=O)O)cc2)c(I)c1. The summed E-state index contributed by atoms with van der Waals surface area (Å²) in [6.45, 7) is 0.0944. The third-order valence-corrected chi connectivity index (χ3v) is 6.12. The number of para-hydroxylation sites is 1. The van der Waals surface area contributed by atoms with Crippen molar-refractivity contribution < 1.29 is 24.2 Å². The van der Waals surface area contributed by atoms with Gasteiger partial charge in [-0.2, -0.15) is 5.10 Å². The van der Waals surface area contributed by atoms with Gasteiger partial charge in [0.1, 0.15) is 18.1 Å². The summed E-state index contributed by atoms with van der Waals surface area (Å²) in [5.74, 6) is -0.235. The van der Waals surface area contributed by atoms with E-state index in [0.717, 1.165) is 18.3 Å². The second-order valence-corrected chi connectivity index (χ2v) is 9.35. The second-order valence-electron chi connectivity index (χ2n) is 6.62. The molecule has 0 atom stereocenters. The first kappa shape index (κ1) is 25.2. The largest absolute Gasteiger partial charge is 0.487 e. The van der Waals surface area contributed by atoms with Gasteiger partial charge in [-0.25, -0.2) is 10.2 Å². The standard InChI is InChI=1S/C23H17ClI2N2O5/c24-17-3-1-2-4-20(17)32-13-21(29)28-27-11-15-9-18(25)22(19(26)10-15)33-12-14-5-7-16(8-6-14)23(30)31/h1-11H,12-13H2,(H,28,29)(H,30,31)/b27-11+. The fraction of sp³-hybridized carbons (Fsp3) is 0.0870. The molecular weight excluding hydrogens is 674 g/mol. The van der Waals surface area contributed by atoms with Crippen LogP contribution in [0.4, 0.5) is 0 Å². The number of aromatic carboxylic acids is 1. The Bertz CT molecular complexity index is 1160. The van der Waals surface area contributed by atoms with Crippen molar-refractivity contribution in [3.8, 4) is 11.5 Å². The molecule has 0 aliphatic carbocycles. The molecule has 0 spiro atoms. The van der Waals surface area contributed by atoms with E-state index in [-0.39, 0.29) is 12.2 Å². The zero-order chi connectivity index (χ0) is 23.8. The first-order chi connectivity index (χ1) is 15.8. The van der Waals surface area contributed by atoms with Crippen molar-refractivity contribution in [2.45, 2.75) is 6.61 Å². The molecule has 0 radical (unpaired) electrons. The number of ether oxygens (including phenoxy) is 2. The summed E-state index contributed by atoms with van der Waals surface area (Å²) in [6.07, 6.45) is 1.53. The van der Waals surface area contributed by atoms with Crippen LogP contribution in [-0.2, 0) is 11.4 Å². The summed E-state index contributed by atoms with van der Waals surface area (Å²) in [6, 6.07) is 17.2. The molecule has 0 aromatic heterocycles. The van der Waals surface area contributed by atoms with Crippen molar-refractivity contribution in [3.63, 3.8) is 0 Å². The number of halogens is 3. The van der Waals surface area contributed by atoms with E-state index in [2.05, 4.69) is 55.7 Å². The van der Waals surface area contributed by atoms with E-state index in [1.165, 1.54) is 6.21 Å². The lowest BCUT2D eigenvalue weighted by Crippen LogP contribution is -2.24. The molecule has 170 valence electrons. The maximum atomic E-state index is 11.9. The van der Waals surface area contributed by atoms with Gasteiger partial charge in [0.2, 0.25) is 0 Å². The molecule has 7 nitrogen and oxygen atoms in total. The van der Waals surface area contributed by atoms with Gasteiger partial charge >= 0.3 is 5.97 Å². The first-order valence-electron chi connectivity index (χ1n) is 9.47. The van der Waals surface area contributed by atoms with Gasteiger partial charge in [-0.1, -0.05) is 35.9 Å². The molecule has 3 aromatic rings. The van der Waals surface area contributed by atoms with E-state index in [9.17, 15) is 9.59 Å². The number of carbonyl (C=O) groups excluding carboxylic acids is 1. The lowest BCUT2D eigenvalue weighted by atomic mass is 10.1. The molecule has 3 rings (SSSR count). The Hall–Kier alpha value is -2.38. The Labute approximate surface area is 222 Å². The van der Waals surface area contributed by atoms with E-state index in [4.69, 9.17) is 26.2 Å². The van der Waals surface area contributed by atoms with E-state index >= 15 is 0 Å². The van der Waals surface area contributed by atoms with Gasteiger partial charge in [0, 0.05) is 0 Å². The van der Waals surface area contributed by atoms with Gasteiger partial charge in [-0.05, 0) is 92.7 Å². The molecule has 1 amide bonds. The Balaban J connectivity index is 1.54. The third kappa shape index (κ3) is 7.57. The number of nitrogens with zero attached hydrogens (tertiary/aromatic N) is 1. The summed E-state index contributed by atoms with van der Waals surface area (Å²) in [5, 5.41) is 13.4. The molecule has 2 N–H and O–H groups in total. The number of benzene rings is 3. The van der Waals surface area contributed by atoms with Crippen molar-refractivity contribution in [3.05, 3.63) is 89.5 Å². The molecule has 3 aromatic carbocycles. The van der Waals surface area contributed by atoms with Crippen LogP contribution in [0.5, 0.6) is 11.5 Å². The average molecular weight is 691 g/mol. The Morgan fingerprint density at radius 2 is 1.70 bits per heavy atom. The van der Waals surface area contributed by atoms with Crippen LogP contribution in [0, 0.1) is 7.14 Å². The highest BCUT2D eigenvalue weighted by Gasteiger charge is 2.10. The summed E-state index contributed by atoms with van der Waals surface area (Å²) in [4.78, 5) is 22.9. The lowest BCUT2D eigenvalue weighted by molar-refractivity contribution is -0.123. The number of carboxylic acids is 1. The highest BCUT2D eigenvalue weighted by Crippen LogP contribution is 2.29. The van der Waals surface area contributed by atoms with Crippen molar-refractivity contribution in [1.82, 2.24) is 5.43 Å². The molecule has 0 fully saturated rings. The molecule has 0 bridgehead atoms. The molecular formula is C23H17ClI2N2O5. The number of nitrogens with one attached hydrogen (secondary N) is 1. The van der Waals surface area contributed by atoms with Crippen LogP contribution in [0.2, 0.25) is 5.02 Å². The van der Waals surface area contributed by atoms with Crippen LogP contribution in [-0.4, -0.2) is 29.8 Å². The Morgan fingerprint density at radius 3 is 2.33 bits per heavy atom. The number of carboxylic acid groups (broad SMARTS) is 1. The number of carbonyl (C=O) groups is 2. The highest BCUT2D eigenvalue weighted by atomic mass is 127. The van der Waals surface area contributed by atoms with Gasteiger partial charge in [0.15, 0.2) is 6.61 Å². The van der Waals surface area contributed by atoms with Crippen molar-refractivity contribution >= 4 is 74.9 Å². The van der Waals surface area contributed by atoms with E-state index in [1.54, 1.807) is 48.5 Å². The fourth-order valence-electron chi connectivity index (χ4n) is 2.61. The highest BCUT2D eigenvalue weighted by molar-refractivity contribution is 14.1. The first-order valence-corrected chi connectivity index (χ1v) is 12.0. The molecule has 0 aliphatic heterocycles.